The average molecular weight is 536 g/mol. The molecule has 12 heteroatoms. The highest BCUT2D eigenvalue weighted by Gasteiger charge is 2.20. The second-order valence-corrected chi connectivity index (χ2v) is 8.73. The minimum atomic E-state index is -0.542. The standard InChI is InChI=1S/C25H31N9O3.C2H6/c1-6-37-24(35)19-13-26-25(29-17-12-28-34(14-17)11-10-16(2)3)31-23(19)30-20-9-7-8-18(21(20)36-5)22-27-15-33(4)32-22;1-2/h7-9,12-16H,6,10-11H2,1-5H3,(H2,26,29,30,31);1-2H3. The molecule has 2 N–H and O–H groups in total. The maximum atomic E-state index is 12.7. The Morgan fingerprint density at radius 2 is 1.92 bits per heavy atom. The van der Waals surface area contributed by atoms with Crippen molar-refractivity contribution in [2.45, 2.75) is 47.6 Å². The van der Waals surface area contributed by atoms with Gasteiger partial charge in [-0.2, -0.15) is 15.2 Å². The van der Waals surface area contributed by atoms with Gasteiger partial charge >= 0.3 is 5.97 Å². The van der Waals surface area contributed by atoms with Gasteiger partial charge in [0.2, 0.25) is 5.95 Å². The fraction of sp³-hybridized carbons (Fsp3) is 0.407. The van der Waals surface area contributed by atoms with Gasteiger partial charge in [-0.15, -0.1) is 0 Å². The molecule has 0 amide bonds. The molecule has 1 aromatic carbocycles. The molecule has 0 aliphatic carbocycles. The SMILES string of the molecule is CC.CCOC(=O)c1cnc(Nc2cnn(CCC(C)C)c2)nc1Nc1cccc(-c2ncn(C)n2)c1OC. The Morgan fingerprint density at radius 3 is 2.59 bits per heavy atom. The molecule has 12 nitrogen and oxygen atoms in total. The van der Waals surface area contributed by atoms with Crippen LogP contribution in [0.15, 0.2) is 43.1 Å². The highest BCUT2D eigenvalue weighted by atomic mass is 16.5. The number of nitrogens with one attached hydrogen (secondary N) is 2. The van der Waals surface area contributed by atoms with Crippen LogP contribution in [0.4, 0.5) is 23.1 Å². The Hall–Kier alpha value is -4.48. The van der Waals surface area contributed by atoms with Crippen molar-refractivity contribution in [3.8, 4) is 17.1 Å². The van der Waals surface area contributed by atoms with Crippen LogP contribution in [-0.2, 0) is 18.3 Å². The highest BCUT2D eigenvalue weighted by Crippen LogP contribution is 2.36. The summed E-state index contributed by atoms with van der Waals surface area (Å²) < 4.78 is 14.4. The molecule has 0 aliphatic heterocycles. The van der Waals surface area contributed by atoms with E-state index in [0.717, 1.165) is 18.7 Å². The first-order valence-corrected chi connectivity index (χ1v) is 13.0. The zero-order valence-electron chi connectivity index (χ0n) is 23.6. The lowest BCUT2D eigenvalue weighted by molar-refractivity contribution is 0.0526. The second-order valence-electron chi connectivity index (χ2n) is 8.73. The summed E-state index contributed by atoms with van der Waals surface area (Å²) in [6.07, 6.45) is 7.66. The van der Waals surface area contributed by atoms with E-state index in [4.69, 9.17) is 9.47 Å². The molecule has 0 radical (unpaired) electrons. The molecule has 0 saturated heterocycles. The van der Waals surface area contributed by atoms with Crippen LogP contribution in [0.25, 0.3) is 11.4 Å². The maximum absolute atomic E-state index is 12.7. The van der Waals surface area contributed by atoms with E-state index in [1.54, 1.807) is 38.3 Å². The molecular formula is C27H37N9O3. The van der Waals surface area contributed by atoms with Crippen molar-refractivity contribution in [2.24, 2.45) is 13.0 Å². The molecule has 0 atom stereocenters. The minimum Gasteiger partial charge on any atom is -0.494 e. The third kappa shape index (κ3) is 7.53. The molecule has 208 valence electrons. The molecule has 0 spiro atoms. The summed E-state index contributed by atoms with van der Waals surface area (Å²) in [5.41, 5.74) is 2.18. The van der Waals surface area contributed by atoms with E-state index < -0.39 is 5.97 Å². The predicted molar refractivity (Wildman–Crippen MR) is 151 cm³/mol. The summed E-state index contributed by atoms with van der Waals surface area (Å²) in [7, 11) is 3.35. The van der Waals surface area contributed by atoms with Gasteiger partial charge in [0.05, 0.1) is 36.9 Å². The van der Waals surface area contributed by atoms with Gasteiger partial charge in [0.25, 0.3) is 0 Å². The average Bonchev–Trinajstić information content (AvgIpc) is 3.57. The Kier molecular flexibility index (Phi) is 10.4. The first-order valence-electron chi connectivity index (χ1n) is 13.0. The van der Waals surface area contributed by atoms with Crippen molar-refractivity contribution in [1.29, 1.82) is 0 Å². The van der Waals surface area contributed by atoms with E-state index in [1.807, 2.05) is 42.9 Å². The molecule has 0 fully saturated rings. The van der Waals surface area contributed by atoms with Crippen molar-refractivity contribution in [3.63, 3.8) is 0 Å². The van der Waals surface area contributed by atoms with Crippen LogP contribution >= 0.6 is 0 Å². The molecular weight excluding hydrogens is 498 g/mol. The molecule has 0 unspecified atom stereocenters. The van der Waals surface area contributed by atoms with Gasteiger partial charge in [-0.1, -0.05) is 33.8 Å². The Labute approximate surface area is 228 Å². The molecule has 0 bridgehead atoms. The van der Waals surface area contributed by atoms with Crippen molar-refractivity contribution in [3.05, 3.63) is 48.7 Å². The van der Waals surface area contributed by atoms with E-state index in [-0.39, 0.29) is 18.0 Å². The first kappa shape index (κ1) is 29.1. The summed E-state index contributed by atoms with van der Waals surface area (Å²) in [6.45, 7) is 11.1. The Morgan fingerprint density at radius 1 is 1.13 bits per heavy atom. The number of ether oxygens (including phenoxy) is 2. The van der Waals surface area contributed by atoms with Crippen molar-refractivity contribution in [1.82, 2.24) is 34.5 Å². The van der Waals surface area contributed by atoms with Crippen LogP contribution in [0.1, 0.15) is 51.4 Å². The maximum Gasteiger partial charge on any atom is 0.343 e. The normalized spacial score (nSPS) is 10.6. The van der Waals surface area contributed by atoms with Gasteiger partial charge in [0.15, 0.2) is 17.4 Å². The Bertz CT molecular complexity index is 1360. The van der Waals surface area contributed by atoms with Crippen molar-refractivity contribution < 1.29 is 14.3 Å². The number of esters is 1. The fourth-order valence-electron chi connectivity index (χ4n) is 3.59. The lowest BCUT2D eigenvalue weighted by atomic mass is 10.1. The molecule has 0 aliphatic rings. The first-order chi connectivity index (χ1) is 18.9. The number of carbonyl (C=O) groups excluding carboxylic acids is 1. The lowest BCUT2D eigenvalue weighted by Gasteiger charge is -2.16. The van der Waals surface area contributed by atoms with Gasteiger partial charge in [0.1, 0.15) is 11.9 Å². The van der Waals surface area contributed by atoms with Crippen LogP contribution in [0.5, 0.6) is 5.75 Å². The van der Waals surface area contributed by atoms with Crippen LogP contribution in [0.2, 0.25) is 0 Å². The summed E-state index contributed by atoms with van der Waals surface area (Å²) in [5, 5.41) is 15.1. The van der Waals surface area contributed by atoms with Crippen LogP contribution in [-0.4, -0.2) is 54.2 Å². The van der Waals surface area contributed by atoms with Crippen LogP contribution in [0, 0.1) is 5.92 Å². The minimum absolute atomic E-state index is 0.184. The number of hydrogen-bond donors (Lipinski definition) is 2. The highest BCUT2D eigenvalue weighted by molar-refractivity contribution is 5.96. The number of benzene rings is 1. The van der Waals surface area contributed by atoms with Gasteiger partial charge in [0, 0.05) is 26.0 Å². The topological polar surface area (TPSA) is 134 Å². The smallest absolute Gasteiger partial charge is 0.343 e. The number of rotatable bonds is 11. The quantitative estimate of drug-likeness (QED) is 0.246. The fourth-order valence-corrected chi connectivity index (χ4v) is 3.59. The lowest BCUT2D eigenvalue weighted by Crippen LogP contribution is -2.12. The van der Waals surface area contributed by atoms with E-state index >= 15 is 0 Å². The number of aryl methyl sites for hydroxylation is 2. The third-order valence-electron chi connectivity index (χ3n) is 5.42. The number of nitrogens with zero attached hydrogens (tertiary/aromatic N) is 7. The summed E-state index contributed by atoms with van der Waals surface area (Å²) in [6, 6.07) is 5.51. The van der Waals surface area contributed by atoms with E-state index in [9.17, 15) is 4.79 Å². The summed E-state index contributed by atoms with van der Waals surface area (Å²) in [4.78, 5) is 25.9. The van der Waals surface area contributed by atoms with Gasteiger partial charge in [-0.3, -0.25) is 9.36 Å². The molecule has 0 saturated carbocycles. The number of anilines is 4. The molecule has 39 heavy (non-hydrogen) atoms. The third-order valence-corrected chi connectivity index (χ3v) is 5.42. The number of carbonyl (C=O) groups is 1. The number of methoxy groups -OCH3 is 1. The van der Waals surface area contributed by atoms with E-state index in [0.29, 0.717) is 34.7 Å². The van der Waals surface area contributed by atoms with Crippen LogP contribution < -0.4 is 15.4 Å². The number of para-hydroxylation sites is 1. The summed E-state index contributed by atoms with van der Waals surface area (Å²) >= 11 is 0. The molecule has 3 heterocycles. The van der Waals surface area contributed by atoms with Crippen molar-refractivity contribution in [2.75, 3.05) is 24.4 Å². The molecule has 4 rings (SSSR count). The van der Waals surface area contributed by atoms with Crippen LogP contribution in [0.3, 0.4) is 0 Å². The molecule has 4 aromatic rings. The van der Waals surface area contributed by atoms with Crippen molar-refractivity contribution >= 4 is 29.1 Å². The van der Waals surface area contributed by atoms with Gasteiger partial charge in [-0.05, 0) is 31.4 Å². The molecule has 3 aromatic heterocycles. The van der Waals surface area contributed by atoms with E-state index in [1.165, 1.54) is 6.20 Å². The monoisotopic (exact) mass is 535 g/mol. The number of hydrogen-bond acceptors (Lipinski definition) is 10. The Balaban J connectivity index is 0.00000205. The predicted octanol–water partition coefficient (Wildman–Crippen LogP) is 5.21. The largest absolute Gasteiger partial charge is 0.494 e. The van der Waals surface area contributed by atoms with Gasteiger partial charge < -0.3 is 20.1 Å². The van der Waals surface area contributed by atoms with E-state index in [2.05, 4.69) is 49.6 Å². The number of aromatic nitrogens is 7. The second kappa shape index (κ2) is 13.9. The summed E-state index contributed by atoms with van der Waals surface area (Å²) in [5.74, 6) is 1.60. The van der Waals surface area contributed by atoms with Gasteiger partial charge in [-0.25, -0.2) is 14.8 Å². The zero-order valence-corrected chi connectivity index (χ0v) is 23.6. The zero-order chi connectivity index (χ0) is 28.4.